The van der Waals surface area contributed by atoms with Gasteiger partial charge in [-0.15, -0.1) is 0 Å². The molecule has 0 spiro atoms. The van der Waals surface area contributed by atoms with Gasteiger partial charge in [-0.05, 0) is 30.2 Å². The van der Waals surface area contributed by atoms with Crippen LogP contribution in [-0.2, 0) is 15.6 Å². The highest BCUT2D eigenvalue weighted by Crippen LogP contribution is 2.44. The third-order valence-corrected chi connectivity index (χ3v) is 6.21. The maximum atomic E-state index is 13.2. The summed E-state index contributed by atoms with van der Waals surface area (Å²) in [5, 5.41) is 10.7. The van der Waals surface area contributed by atoms with Crippen LogP contribution in [0.15, 0.2) is 45.1 Å². The Morgan fingerprint density at radius 1 is 1.00 bits per heavy atom. The normalized spacial score (nSPS) is 16.1. The van der Waals surface area contributed by atoms with E-state index in [9.17, 15) is 14.7 Å². The number of fused-ring (bicyclic) bond motifs is 1. The van der Waals surface area contributed by atoms with E-state index in [2.05, 4.69) is 20.8 Å². The number of hydrogen-bond donors (Lipinski definition) is 1. The van der Waals surface area contributed by atoms with Crippen LogP contribution in [0.5, 0.6) is 0 Å². The van der Waals surface area contributed by atoms with Crippen molar-refractivity contribution in [2.75, 3.05) is 0 Å². The van der Waals surface area contributed by atoms with Crippen molar-refractivity contribution in [3.05, 3.63) is 63.0 Å². The molecule has 1 aliphatic carbocycles. The van der Waals surface area contributed by atoms with E-state index in [0.717, 1.165) is 5.56 Å². The van der Waals surface area contributed by atoms with Crippen molar-refractivity contribution >= 4 is 11.5 Å². The van der Waals surface area contributed by atoms with Crippen LogP contribution in [0, 0.1) is 0 Å². The number of carbonyl (C=O) groups is 1. The summed E-state index contributed by atoms with van der Waals surface area (Å²) in [4.78, 5) is 26.3. The topological polar surface area (TPSA) is 67.5 Å². The van der Waals surface area contributed by atoms with Crippen molar-refractivity contribution < 1.29 is 14.3 Å². The summed E-state index contributed by atoms with van der Waals surface area (Å²) in [5.41, 5.74) is 1.19. The van der Waals surface area contributed by atoms with Gasteiger partial charge in [-0.1, -0.05) is 65.8 Å². The molecule has 29 heavy (non-hydrogen) atoms. The van der Waals surface area contributed by atoms with Crippen LogP contribution >= 0.6 is 0 Å². The van der Waals surface area contributed by atoms with Crippen LogP contribution in [0.2, 0.25) is 0 Å². The molecule has 0 amide bonds. The Bertz CT molecular complexity index is 1030. The summed E-state index contributed by atoms with van der Waals surface area (Å²) >= 11 is 0. The molecule has 154 valence electrons. The zero-order chi connectivity index (χ0) is 21.6. The molecule has 1 aliphatic rings. The van der Waals surface area contributed by atoms with E-state index in [-0.39, 0.29) is 27.9 Å². The van der Waals surface area contributed by atoms with Gasteiger partial charge in [0.1, 0.15) is 22.8 Å². The molecule has 0 aliphatic heterocycles. The molecule has 1 aromatic heterocycles. The second kappa shape index (κ2) is 7.33. The minimum atomic E-state index is -0.923. The average molecular weight is 395 g/mol. The fourth-order valence-electron chi connectivity index (χ4n) is 4.20. The zero-order valence-corrected chi connectivity index (χ0v) is 18.2. The van der Waals surface area contributed by atoms with Crippen LogP contribution < -0.4 is 5.43 Å². The molecule has 4 nitrogen and oxygen atoms in total. The fraction of sp³-hybridized carbons (Fsp3) is 0.440. The molecule has 2 aromatic rings. The number of carbonyl (C=O) groups excluding carboxylic acids is 1. The first-order chi connectivity index (χ1) is 13.6. The number of benzene rings is 1. The van der Waals surface area contributed by atoms with Crippen LogP contribution in [0.3, 0.4) is 0 Å². The van der Waals surface area contributed by atoms with Crippen molar-refractivity contribution in [2.45, 2.75) is 71.6 Å². The van der Waals surface area contributed by atoms with Crippen LogP contribution in [0.25, 0.3) is 17.1 Å². The lowest BCUT2D eigenvalue weighted by Crippen LogP contribution is -2.41. The minimum Gasteiger partial charge on any atom is -0.507 e. The first-order valence-electron chi connectivity index (χ1n) is 10.4. The van der Waals surface area contributed by atoms with Gasteiger partial charge in [-0.25, -0.2) is 0 Å². The number of Topliss-reactive ketones (excluding diaryl/α,β-unsaturated/α-hetero) is 1. The van der Waals surface area contributed by atoms with E-state index in [4.69, 9.17) is 4.42 Å². The Balaban J connectivity index is 2.26. The Kier molecular flexibility index (Phi) is 5.33. The largest absolute Gasteiger partial charge is 0.507 e. The van der Waals surface area contributed by atoms with E-state index in [1.54, 1.807) is 0 Å². The Morgan fingerprint density at radius 3 is 2.07 bits per heavy atom. The fourth-order valence-corrected chi connectivity index (χ4v) is 4.20. The van der Waals surface area contributed by atoms with Gasteiger partial charge in [0.05, 0.1) is 5.41 Å². The van der Waals surface area contributed by atoms with Crippen molar-refractivity contribution in [3.63, 3.8) is 0 Å². The molecule has 3 rings (SSSR count). The van der Waals surface area contributed by atoms with Crippen LogP contribution in [0.4, 0.5) is 0 Å². The molecular weight excluding hydrogens is 364 g/mol. The molecule has 0 atom stereocenters. The number of rotatable bonds is 4. The lowest BCUT2D eigenvalue weighted by atomic mass is 9.68. The monoisotopic (exact) mass is 394 g/mol. The second-order valence-electron chi connectivity index (χ2n) is 8.81. The molecule has 1 aromatic carbocycles. The van der Waals surface area contributed by atoms with Crippen molar-refractivity contribution in [2.24, 2.45) is 0 Å². The number of ketones is 1. The minimum absolute atomic E-state index is 0.0222. The number of aliphatic hydroxyl groups excluding tert-OH is 1. The number of allylic oxidation sites excluding steroid dienone is 1. The maximum Gasteiger partial charge on any atom is 0.196 e. The Morgan fingerprint density at radius 2 is 1.59 bits per heavy atom. The molecule has 1 heterocycles. The highest BCUT2D eigenvalue weighted by Gasteiger charge is 2.48. The first kappa shape index (κ1) is 21.1. The molecular formula is C25H30O4. The second-order valence-corrected chi connectivity index (χ2v) is 8.81. The number of hydrogen-bond acceptors (Lipinski definition) is 4. The average Bonchev–Trinajstić information content (AvgIpc) is 2.68. The summed E-state index contributed by atoms with van der Waals surface area (Å²) in [7, 11) is 0. The molecule has 0 saturated heterocycles. The van der Waals surface area contributed by atoms with Crippen LogP contribution in [0.1, 0.15) is 77.7 Å². The SMILES string of the molecule is CCC1=C(O)c2c(oc(-c3ccc(C(C)(C)C)cc3)cc2=O)C(CC)(CC)C1=O. The van der Waals surface area contributed by atoms with E-state index in [1.807, 2.05) is 45.0 Å². The maximum absolute atomic E-state index is 13.2. The van der Waals surface area contributed by atoms with Gasteiger partial charge in [0.2, 0.25) is 0 Å². The van der Waals surface area contributed by atoms with Gasteiger partial charge in [0, 0.05) is 17.2 Å². The molecule has 0 radical (unpaired) electrons. The molecule has 4 heteroatoms. The molecule has 0 saturated carbocycles. The highest BCUT2D eigenvalue weighted by atomic mass is 16.3. The predicted molar refractivity (Wildman–Crippen MR) is 116 cm³/mol. The van der Waals surface area contributed by atoms with Gasteiger partial charge < -0.3 is 9.52 Å². The summed E-state index contributed by atoms with van der Waals surface area (Å²) in [5.74, 6) is 0.345. The Labute approximate surface area is 172 Å². The lowest BCUT2D eigenvalue weighted by molar-refractivity contribution is -0.122. The highest BCUT2D eigenvalue weighted by molar-refractivity contribution is 6.10. The first-order valence-corrected chi connectivity index (χ1v) is 10.4. The van der Waals surface area contributed by atoms with Gasteiger partial charge in [0.25, 0.3) is 0 Å². The van der Waals surface area contributed by atoms with Gasteiger partial charge >= 0.3 is 0 Å². The number of aliphatic hydroxyl groups is 1. The van der Waals surface area contributed by atoms with Crippen molar-refractivity contribution in [3.8, 4) is 11.3 Å². The van der Waals surface area contributed by atoms with E-state index in [0.29, 0.717) is 36.4 Å². The Hall–Kier alpha value is -2.62. The zero-order valence-electron chi connectivity index (χ0n) is 18.2. The quantitative estimate of drug-likeness (QED) is 0.698. The molecule has 0 unspecified atom stereocenters. The summed E-state index contributed by atoms with van der Waals surface area (Å²) in [6.45, 7) is 12.1. The third-order valence-electron chi connectivity index (χ3n) is 6.21. The molecule has 0 bridgehead atoms. The van der Waals surface area contributed by atoms with E-state index >= 15 is 0 Å². The third kappa shape index (κ3) is 3.25. The van der Waals surface area contributed by atoms with E-state index < -0.39 is 5.41 Å². The smallest absolute Gasteiger partial charge is 0.196 e. The van der Waals surface area contributed by atoms with Gasteiger partial charge in [-0.3, -0.25) is 9.59 Å². The predicted octanol–water partition coefficient (Wildman–Crippen LogP) is 5.92. The van der Waals surface area contributed by atoms with E-state index in [1.165, 1.54) is 11.6 Å². The van der Waals surface area contributed by atoms with Crippen molar-refractivity contribution in [1.82, 2.24) is 0 Å². The van der Waals surface area contributed by atoms with Gasteiger partial charge in [0.15, 0.2) is 11.2 Å². The summed E-state index contributed by atoms with van der Waals surface area (Å²) in [6, 6.07) is 9.34. The standard InChI is InChI=1S/C25H30O4/c1-7-17-21(27)20-18(26)14-19(15-10-12-16(13-11-15)24(4,5)6)29-23(20)25(8-2,9-3)22(17)28/h10-14,27H,7-9H2,1-6H3. The van der Waals surface area contributed by atoms with Crippen molar-refractivity contribution in [1.29, 1.82) is 0 Å². The lowest BCUT2D eigenvalue weighted by Gasteiger charge is -2.35. The van der Waals surface area contributed by atoms with Gasteiger partial charge in [-0.2, -0.15) is 0 Å². The molecule has 0 fully saturated rings. The summed E-state index contributed by atoms with van der Waals surface area (Å²) < 4.78 is 6.21. The molecule has 1 N–H and O–H groups in total. The summed E-state index contributed by atoms with van der Waals surface area (Å²) in [6.07, 6.45) is 1.38. The van der Waals surface area contributed by atoms with Crippen LogP contribution in [-0.4, -0.2) is 10.9 Å².